The molecule has 4 rings (SSSR count). The Morgan fingerprint density at radius 3 is 1.71 bits per heavy atom. The minimum absolute atomic E-state index is 0.223. The molecule has 1 aliphatic rings. The Kier molecular flexibility index (Phi) is 7.92. The van der Waals surface area contributed by atoms with Gasteiger partial charge in [0.1, 0.15) is 18.3 Å². The van der Waals surface area contributed by atoms with Crippen LogP contribution in [0.3, 0.4) is 0 Å². The second-order valence-electron chi connectivity index (χ2n) is 8.69. The van der Waals surface area contributed by atoms with E-state index in [2.05, 4.69) is 0 Å². The largest absolute Gasteiger partial charge is 0.462 e. The number of esters is 2. The van der Waals surface area contributed by atoms with Crippen molar-refractivity contribution < 1.29 is 34.4 Å². The molecule has 7 nitrogen and oxygen atoms in total. The quantitative estimate of drug-likeness (QED) is 0.449. The van der Waals surface area contributed by atoms with Crippen molar-refractivity contribution in [1.29, 1.82) is 0 Å². The number of benzene rings is 3. The first-order valence-electron chi connectivity index (χ1n) is 11.5. The molecule has 7 heteroatoms. The standard InChI is InChI=1S/C28H28O7/c29-23-21(16-18-10-4-1-5-11-18)22(17-34-27(32)19-12-6-2-7-13-19)26(25(31)24(23)30)35-28(33)20-14-8-3-9-15-20/h1-15,21-26,29-31H,16-17H2/t21-,22-,23-,24-,25-,26+/m0/s1. The van der Waals surface area contributed by atoms with E-state index in [1.165, 1.54) is 0 Å². The molecular weight excluding hydrogens is 448 g/mol. The zero-order valence-electron chi connectivity index (χ0n) is 19.0. The molecule has 0 aliphatic heterocycles. The lowest BCUT2D eigenvalue weighted by Crippen LogP contribution is -2.61. The molecule has 0 unspecified atom stereocenters. The Morgan fingerprint density at radius 2 is 1.14 bits per heavy atom. The molecule has 1 aliphatic carbocycles. The second kappa shape index (κ2) is 11.3. The Hall–Kier alpha value is -3.52. The molecule has 1 fully saturated rings. The molecule has 0 spiro atoms. The SMILES string of the molecule is O=C(OC[C@H]1[C@H](Cc2ccccc2)[C@H](O)[C@H](O)[C@H](O)[C@@H]1OC(=O)c1ccccc1)c1ccccc1. The van der Waals surface area contributed by atoms with E-state index in [-0.39, 0.29) is 12.2 Å². The fourth-order valence-electron chi connectivity index (χ4n) is 4.53. The van der Waals surface area contributed by atoms with E-state index in [9.17, 15) is 24.9 Å². The van der Waals surface area contributed by atoms with Gasteiger partial charge in [0.05, 0.1) is 23.8 Å². The number of hydrogen-bond acceptors (Lipinski definition) is 7. The van der Waals surface area contributed by atoms with Gasteiger partial charge in [-0.25, -0.2) is 9.59 Å². The first-order valence-corrected chi connectivity index (χ1v) is 11.5. The van der Waals surface area contributed by atoms with E-state index < -0.39 is 48.2 Å². The second-order valence-corrected chi connectivity index (χ2v) is 8.69. The van der Waals surface area contributed by atoms with E-state index in [0.29, 0.717) is 12.0 Å². The number of carbonyl (C=O) groups is 2. The molecule has 0 bridgehead atoms. The summed E-state index contributed by atoms with van der Waals surface area (Å²) in [5.74, 6) is -2.69. The number of aliphatic hydroxyl groups excluding tert-OH is 3. The van der Waals surface area contributed by atoms with Crippen LogP contribution in [-0.4, -0.2) is 58.3 Å². The van der Waals surface area contributed by atoms with Gasteiger partial charge < -0.3 is 24.8 Å². The van der Waals surface area contributed by atoms with Crippen LogP contribution in [0.1, 0.15) is 26.3 Å². The van der Waals surface area contributed by atoms with Crippen molar-refractivity contribution in [3.05, 3.63) is 108 Å². The van der Waals surface area contributed by atoms with Crippen molar-refractivity contribution in [1.82, 2.24) is 0 Å². The van der Waals surface area contributed by atoms with Crippen LogP contribution in [0.2, 0.25) is 0 Å². The van der Waals surface area contributed by atoms with E-state index in [1.54, 1.807) is 60.7 Å². The van der Waals surface area contributed by atoms with Gasteiger partial charge in [0, 0.05) is 11.8 Å². The molecule has 0 saturated heterocycles. The van der Waals surface area contributed by atoms with Gasteiger partial charge in [-0.05, 0) is 36.2 Å². The highest BCUT2D eigenvalue weighted by Gasteiger charge is 2.51. The highest BCUT2D eigenvalue weighted by Crippen LogP contribution is 2.36. The zero-order chi connectivity index (χ0) is 24.8. The van der Waals surface area contributed by atoms with E-state index in [1.807, 2.05) is 30.3 Å². The van der Waals surface area contributed by atoms with Crippen molar-refractivity contribution in [2.45, 2.75) is 30.8 Å². The van der Waals surface area contributed by atoms with E-state index in [4.69, 9.17) is 9.47 Å². The fourth-order valence-corrected chi connectivity index (χ4v) is 4.53. The lowest BCUT2D eigenvalue weighted by Gasteiger charge is -2.45. The summed E-state index contributed by atoms with van der Waals surface area (Å²) in [4.78, 5) is 25.5. The summed E-state index contributed by atoms with van der Waals surface area (Å²) in [6.07, 6.45) is -5.32. The number of hydrogen-bond donors (Lipinski definition) is 3. The summed E-state index contributed by atoms with van der Waals surface area (Å²) in [6.45, 7) is -0.223. The Bertz CT molecular complexity index is 1100. The zero-order valence-corrected chi connectivity index (χ0v) is 19.0. The third-order valence-corrected chi connectivity index (χ3v) is 6.43. The fraction of sp³-hybridized carbons (Fsp3) is 0.286. The van der Waals surface area contributed by atoms with Crippen LogP contribution < -0.4 is 0 Å². The van der Waals surface area contributed by atoms with Gasteiger partial charge in [0.2, 0.25) is 0 Å². The van der Waals surface area contributed by atoms with Gasteiger partial charge in [-0.2, -0.15) is 0 Å². The maximum atomic E-state index is 12.8. The molecule has 6 atom stereocenters. The van der Waals surface area contributed by atoms with Crippen molar-refractivity contribution in [3.63, 3.8) is 0 Å². The summed E-state index contributed by atoms with van der Waals surface area (Å²) in [5, 5.41) is 32.3. The molecule has 0 radical (unpaired) electrons. The van der Waals surface area contributed by atoms with Gasteiger partial charge in [0.25, 0.3) is 0 Å². The average Bonchev–Trinajstić information content (AvgIpc) is 2.91. The summed E-state index contributed by atoms with van der Waals surface area (Å²) >= 11 is 0. The smallest absolute Gasteiger partial charge is 0.338 e. The number of ether oxygens (including phenoxy) is 2. The van der Waals surface area contributed by atoms with Gasteiger partial charge in [-0.3, -0.25) is 0 Å². The lowest BCUT2D eigenvalue weighted by atomic mass is 9.70. The Labute approximate surface area is 203 Å². The van der Waals surface area contributed by atoms with Gasteiger partial charge in [-0.15, -0.1) is 0 Å². The molecule has 3 aromatic rings. The summed E-state index contributed by atoms with van der Waals surface area (Å²) < 4.78 is 11.2. The topological polar surface area (TPSA) is 113 Å². The van der Waals surface area contributed by atoms with Crippen molar-refractivity contribution >= 4 is 11.9 Å². The monoisotopic (exact) mass is 476 g/mol. The Balaban J connectivity index is 1.62. The van der Waals surface area contributed by atoms with E-state index in [0.717, 1.165) is 5.56 Å². The Morgan fingerprint density at radius 1 is 0.629 bits per heavy atom. The van der Waals surface area contributed by atoms with Gasteiger partial charge in [-0.1, -0.05) is 66.7 Å². The highest BCUT2D eigenvalue weighted by atomic mass is 16.6. The molecule has 3 aromatic carbocycles. The molecule has 0 heterocycles. The predicted octanol–water partition coefficient (Wildman–Crippen LogP) is 2.64. The van der Waals surface area contributed by atoms with Crippen LogP contribution in [0.4, 0.5) is 0 Å². The third kappa shape index (κ3) is 5.77. The molecular formula is C28H28O7. The minimum Gasteiger partial charge on any atom is -0.462 e. The summed E-state index contributed by atoms with van der Waals surface area (Å²) in [5.41, 5.74) is 1.51. The molecule has 1 saturated carbocycles. The average molecular weight is 477 g/mol. The van der Waals surface area contributed by atoms with Crippen LogP contribution in [0.5, 0.6) is 0 Å². The maximum Gasteiger partial charge on any atom is 0.338 e. The first-order chi connectivity index (χ1) is 17.0. The molecule has 3 N–H and O–H groups in total. The molecule has 182 valence electrons. The lowest BCUT2D eigenvalue weighted by molar-refractivity contribution is -0.190. The molecule has 0 aromatic heterocycles. The van der Waals surface area contributed by atoms with Gasteiger partial charge >= 0.3 is 11.9 Å². The highest BCUT2D eigenvalue weighted by molar-refractivity contribution is 5.90. The van der Waals surface area contributed by atoms with E-state index >= 15 is 0 Å². The third-order valence-electron chi connectivity index (χ3n) is 6.43. The van der Waals surface area contributed by atoms with Crippen LogP contribution in [0, 0.1) is 11.8 Å². The molecule has 35 heavy (non-hydrogen) atoms. The number of carbonyl (C=O) groups excluding carboxylic acids is 2. The normalized spacial score (nSPS) is 26.0. The minimum atomic E-state index is -1.56. The van der Waals surface area contributed by atoms with Crippen LogP contribution in [0.15, 0.2) is 91.0 Å². The van der Waals surface area contributed by atoms with Crippen molar-refractivity contribution in [2.24, 2.45) is 11.8 Å². The van der Waals surface area contributed by atoms with Crippen LogP contribution in [-0.2, 0) is 15.9 Å². The summed E-state index contributed by atoms with van der Waals surface area (Å²) in [7, 11) is 0. The summed E-state index contributed by atoms with van der Waals surface area (Å²) in [6, 6.07) is 26.0. The number of aliphatic hydroxyl groups is 3. The first kappa shape index (κ1) is 24.6. The van der Waals surface area contributed by atoms with Crippen LogP contribution in [0.25, 0.3) is 0 Å². The van der Waals surface area contributed by atoms with Gasteiger partial charge in [0.15, 0.2) is 0 Å². The number of rotatable bonds is 7. The van der Waals surface area contributed by atoms with Crippen LogP contribution >= 0.6 is 0 Å². The predicted molar refractivity (Wildman–Crippen MR) is 128 cm³/mol. The van der Waals surface area contributed by atoms with Crippen molar-refractivity contribution in [2.75, 3.05) is 6.61 Å². The van der Waals surface area contributed by atoms with Crippen molar-refractivity contribution in [3.8, 4) is 0 Å². The maximum absolute atomic E-state index is 12.8. The molecule has 0 amide bonds.